The lowest BCUT2D eigenvalue weighted by molar-refractivity contribution is 0.303. The van der Waals surface area contributed by atoms with Crippen LogP contribution >= 0.6 is 23.4 Å². The predicted octanol–water partition coefficient (Wildman–Crippen LogP) is 6.32. The number of rotatable bonds is 11. The lowest BCUT2D eigenvalue weighted by Crippen LogP contribution is -2.16. The van der Waals surface area contributed by atoms with Crippen LogP contribution in [-0.2, 0) is 13.2 Å². The van der Waals surface area contributed by atoms with Gasteiger partial charge in [-0.05, 0) is 70.1 Å². The van der Waals surface area contributed by atoms with Crippen molar-refractivity contribution in [2.45, 2.75) is 24.7 Å². The van der Waals surface area contributed by atoms with E-state index in [2.05, 4.69) is 57.2 Å². The van der Waals surface area contributed by atoms with Crippen LogP contribution in [0, 0.1) is 0 Å². The van der Waals surface area contributed by atoms with Gasteiger partial charge in [-0.2, -0.15) is 4.68 Å². The largest absolute Gasteiger partial charge is 0.489 e. The summed E-state index contributed by atoms with van der Waals surface area (Å²) in [5.41, 5.74) is 3.17. The Morgan fingerprint density at radius 1 is 0.917 bits per heavy atom. The van der Waals surface area contributed by atoms with Crippen molar-refractivity contribution in [1.29, 1.82) is 0 Å². The van der Waals surface area contributed by atoms with Crippen LogP contribution in [0.25, 0.3) is 16.5 Å². The summed E-state index contributed by atoms with van der Waals surface area (Å²) in [5, 5.41) is 19.6. The smallest absolute Gasteiger partial charge is 0.214 e. The molecule has 36 heavy (non-hydrogen) atoms. The van der Waals surface area contributed by atoms with Crippen LogP contribution in [0.5, 0.6) is 5.75 Å². The van der Waals surface area contributed by atoms with Gasteiger partial charge in [0.05, 0.1) is 5.69 Å². The maximum atomic E-state index is 6.24. The Morgan fingerprint density at radius 3 is 2.67 bits per heavy atom. The SMILES string of the molecule is Clc1cccc(COc2ccc3ccccc3c2CNCCCSc2nnnn2-c2ccccc2)c1. The number of hydrogen-bond donors (Lipinski definition) is 1. The molecule has 0 aliphatic heterocycles. The van der Waals surface area contributed by atoms with Gasteiger partial charge in [0.1, 0.15) is 12.4 Å². The van der Waals surface area contributed by atoms with Gasteiger partial charge >= 0.3 is 0 Å². The number of ether oxygens (including phenoxy) is 1. The Hall–Kier alpha value is -3.39. The van der Waals surface area contributed by atoms with Gasteiger partial charge in [-0.3, -0.25) is 0 Å². The van der Waals surface area contributed by atoms with Crippen molar-refractivity contribution in [3.8, 4) is 11.4 Å². The zero-order valence-electron chi connectivity index (χ0n) is 19.7. The van der Waals surface area contributed by atoms with E-state index in [0.717, 1.165) is 53.0 Å². The van der Waals surface area contributed by atoms with E-state index in [1.807, 2.05) is 54.6 Å². The van der Waals surface area contributed by atoms with E-state index in [1.165, 1.54) is 10.8 Å². The Balaban J connectivity index is 1.18. The van der Waals surface area contributed by atoms with E-state index < -0.39 is 0 Å². The van der Waals surface area contributed by atoms with Crippen LogP contribution in [0.2, 0.25) is 5.02 Å². The molecule has 0 atom stereocenters. The maximum Gasteiger partial charge on any atom is 0.214 e. The Bertz CT molecular complexity index is 1430. The molecule has 0 radical (unpaired) electrons. The van der Waals surface area contributed by atoms with Gasteiger partial charge in [-0.15, -0.1) is 5.10 Å². The normalized spacial score (nSPS) is 11.1. The van der Waals surface area contributed by atoms with Crippen LogP contribution in [0.15, 0.2) is 96.2 Å². The average Bonchev–Trinajstić information content (AvgIpc) is 3.39. The zero-order valence-corrected chi connectivity index (χ0v) is 21.3. The number of hydrogen-bond acceptors (Lipinski definition) is 6. The van der Waals surface area contributed by atoms with Gasteiger partial charge in [-0.1, -0.05) is 84.0 Å². The van der Waals surface area contributed by atoms with E-state index in [-0.39, 0.29) is 0 Å². The molecule has 8 heteroatoms. The number of para-hydroxylation sites is 1. The molecule has 4 aromatic carbocycles. The van der Waals surface area contributed by atoms with Gasteiger partial charge in [-0.25, -0.2) is 0 Å². The molecule has 5 rings (SSSR count). The molecular formula is C28H26ClN5OS. The number of nitrogens with one attached hydrogen (secondary N) is 1. The van der Waals surface area contributed by atoms with Crippen molar-refractivity contribution in [3.05, 3.63) is 107 Å². The molecule has 0 aliphatic carbocycles. The highest BCUT2D eigenvalue weighted by molar-refractivity contribution is 7.99. The monoisotopic (exact) mass is 515 g/mol. The van der Waals surface area contributed by atoms with Gasteiger partial charge in [0.15, 0.2) is 0 Å². The summed E-state index contributed by atoms with van der Waals surface area (Å²) < 4.78 is 8.02. The van der Waals surface area contributed by atoms with E-state index in [4.69, 9.17) is 16.3 Å². The summed E-state index contributed by atoms with van der Waals surface area (Å²) in [4.78, 5) is 0. The third kappa shape index (κ3) is 6.05. The fraction of sp³-hybridized carbons (Fsp3) is 0.179. The highest BCUT2D eigenvalue weighted by Gasteiger charge is 2.11. The summed E-state index contributed by atoms with van der Waals surface area (Å²) in [6.45, 7) is 2.06. The molecule has 1 aromatic heterocycles. The van der Waals surface area contributed by atoms with Gasteiger partial charge < -0.3 is 10.1 Å². The molecule has 6 nitrogen and oxygen atoms in total. The van der Waals surface area contributed by atoms with Crippen molar-refractivity contribution in [3.63, 3.8) is 0 Å². The number of tetrazole rings is 1. The van der Waals surface area contributed by atoms with E-state index in [9.17, 15) is 0 Å². The standard InChI is InChI=1S/C28H26ClN5OS/c29-23-10-6-8-21(18-23)20-35-27-15-14-22-9-4-5-13-25(22)26(27)19-30-16-7-17-36-28-31-32-33-34(28)24-11-2-1-3-12-24/h1-6,8-15,18,30H,7,16-17,19-20H2. The molecule has 0 amide bonds. The maximum absolute atomic E-state index is 6.24. The quantitative estimate of drug-likeness (QED) is 0.164. The lowest BCUT2D eigenvalue weighted by atomic mass is 10.0. The van der Waals surface area contributed by atoms with Crippen molar-refractivity contribution in [1.82, 2.24) is 25.5 Å². The van der Waals surface area contributed by atoms with Crippen LogP contribution in [0.1, 0.15) is 17.5 Å². The number of halogens is 1. The van der Waals surface area contributed by atoms with Crippen LogP contribution in [-0.4, -0.2) is 32.5 Å². The van der Waals surface area contributed by atoms with Crippen LogP contribution in [0.4, 0.5) is 0 Å². The molecule has 1 heterocycles. The first kappa shape index (κ1) is 24.3. The Morgan fingerprint density at radius 2 is 1.78 bits per heavy atom. The highest BCUT2D eigenvalue weighted by Crippen LogP contribution is 2.29. The third-order valence-electron chi connectivity index (χ3n) is 5.75. The molecule has 0 saturated heterocycles. The average molecular weight is 516 g/mol. The van der Waals surface area contributed by atoms with Crippen LogP contribution < -0.4 is 10.1 Å². The van der Waals surface area contributed by atoms with Gasteiger partial charge in [0, 0.05) is 22.9 Å². The molecule has 1 N–H and O–H groups in total. The lowest BCUT2D eigenvalue weighted by Gasteiger charge is -2.15. The molecule has 0 aliphatic rings. The van der Waals surface area contributed by atoms with Gasteiger partial charge in [0.25, 0.3) is 0 Å². The molecular weight excluding hydrogens is 490 g/mol. The molecule has 5 aromatic rings. The van der Waals surface area contributed by atoms with Gasteiger partial charge in [0.2, 0.25) is 5.16 Å². The summed E-state index contributed by atoms with van der Waals surface area (Å²) in [5.74, 6) is 1.80. The minimum atomic E-state index is 0.471. The first-order valence-electron chi connectivity index (χ1n) is 11.8. The summed E-state index contributed by atoms with van der Waals surface area (Å²) in [6.07, 6.45) is 0.982. The third-order valence-corrected chi connectivity index (χ3v) is 6.99. The molecule has 0 fully saturated rings. The number of benzene rings is 4. The summed E-state index contributed by atoms with van der Waals surface area (Å²) in [7, 11) is 0. The van der Waals surface area contributed by atoms with Crippen molar-refractivity contribution >= 4 is 34.1 Å². The predicted molar refractivity (Wildman–Crippen MR) is 146 cm³/mol. The fourth-order valence-electron chi connectivity index (χ4n) is 4.00. The van der Waals surface area contributed by atoms with Crippen molar-refractivity contribution in [2.75, 3.05) is 12.3 Å². The minimum absolute atomic E-state index is 0.471. The minimum Gasteiger partial charge on any atom is -0.489 e. The van der Waals surface area contributed by atoms with Crippen LogP contribution in [0.3, 0.4) is 0 Å². The summed E-state index contributed by atoms with van der Waals surface area (Å²) in [6, 6.07) is 30.3. The second-order valence-corrected chi connectivity index (χ2v) is 9.77. The molecule has 0 bridgehead atoms. The first-order valence-corrected chi connectivity index (χ1v) is 13.2. The first-order chi connectivity index (χ1) is 17.8. The molecule has 0 saturated carbocycles. The van der Waals surface area contributed by atoms with E-state index in [0.29, 0.717) is 11.6 Å². The Labute approximate surface area is 219 Å². The van der Waals surface area contributed by atoms with E-state index in [1.54, 1.807) is 16.4 Å². The Kier molecular flexibility index (Phi) is 8.13. The second kappa shape index (κ2) is 12.0. The number of fused-ring (bicyclic) bond motifs is 1. The fourth-order valence-corrected chi connectivity index (χ4v) is 5.04. The number of thioether (sulfide) groups is 1. The molecule has 182 valence electrons. The number of aromatic nitrogens is 4. The summed E-state index contributed by atoms with van der Waals surface area (Å²) >= 11 is 7.80. The van der Waals surface area contributed by atoms with Crippen molar-refractivity contribution in [2.24, 2.45) is 0 Å². The number of nitrogens with zero attached hydrogens (tertiary/aromatic N) is 4. The van der Waals surface area contributed by atoms with Crippen molar-refractivity contribution < 1.29 is 4.74 Å². The molecule has 0 spiro atoms. The van der Waals surface area contributed by atoms with E-state index >= 15 is 0 Å². The second-order valence-electron chi connectivity index (χ2n) is 8.27. The zero-order chi connectivity index (χ0) is 24.6. The topological polar surface area (TPSA) is 64.9 Å². The highest BCUT2D eigenvalue weighted by atomic mass is 35.5. The molecule has 0 unspecified atom stereocenters.